The summed E-state index contributed by atoms with van der Waals surface area (Å²) in [6, 6.07) is 11.2. The zero-order chi connectivity index (χ0) is 14.4. The highest BCUT2D eigenvalue weighted by molar-refractivity contribution is 14.1. The third-order valence-electron chi connectivity index (χ3n) is 3.52. The van der Waals surface area contributed by atoms with Gasteiger partial charge in [0.05, 0.1) is 16.8 Å². The number of nitrogens with zero attached hydrogens (tertiary/aromatic N) is 1. The van der Waals surface area contributed by atoms with Crippen LogP contribution in [0, 0.1) is 17.4 Å². The van der Waals surface area contributed by atoms with Crippen LogP contribution in [0.2, 0.25) is 0 Å². The molecule has 0 spiro atoms. The van der Waals surface area contributed by atoms with E-state index in [0.29, 0.717) is 16.8 Å². The summed E-state index contributed by atoms with van der Waals surface area (Å²) in [5.41, 5.74) is 3.39. The van der Waals surface area contributed by atoms with Gasteiger partial charge in [-0.2, -0.15) is 0 Å². The van der Waals surface area contributed by atoms with Crippen LogP contribution in [0.25, 0.3) is 0 Å². The zero-order valence-electron chi connectivity index (χ0n) is 11.1. The topological polar surface area (TPSA) is 37.4 Å². The van der Waals surface area contributed by atoms with Crippen molar-refractivity contribution in [2.75, 3.05) is 4.90 Å². The van der Waals surface area contributed by atoms with Gasteiger partial charge in [-0.15, -0.1) is 0 Å². The van der Waals surface area contributed by atoms with Gasteiger partial charge in [0.1, 0.15) is 0 Å². The van der Waals surface area contributed by atoms with Gasteiger partial charge in [-0.25, -0.2) is 4.90 Å². The number of imide groups is 1. The molecule has 1 aliphatic rings. The second-order valence-electron chi connectivity index (χ2n) is 4.87. The Kier molecular flexibility index (Phi) is 3.12. The molecular weight excluding hydrogens is 365 g/mol. The normalized spacial score (nSPS) is 13.8. The first-order chi connectivity index (χ1) is 9.50. The third kappa shape index (κ3) is 1.86. The largest absolute Gasteiger partial charge is 0.268 e. The Labute approximate surface area is 130 Å². The van der Waals surface area contributed by atoms with Gasteiger partial charge in [0.15, 0.2) is 0 Å². The van der Waals surface area contributed by atoms with E-state index in [4.69, 9.17) is 0 Å². The predicted octanol–water partition coefficient (Wildman–Crippen LogP) is 3.71. The second kappa shape index (κ2) is 4.70. The molecule has 0 saturated heterocycles. The fraction of sp³-hybridized carbons (Fsp3) is 0.125. The van der Waals surface area contributed by atoms with Gasteiger partial charge in [-0.1, -0.05) is 18.2 Å². The molecular formula is C16H12INO2. The van der Waals surface area contributed by atoms with E-state index >= 15 is 0 Å². The number of rotatable bonds is 1. The van der Waals surface area contributed by atoms with E-state index in [9.17, 15) is 9.59 Å². The Bertz CT molecular complexity index is 711. The number of hydrogen-bond acceptors (Lipinski definition) is 2. The number of carbonyl (C=O) groups is 2. The summed E-state index contributed by atoms with van der Waals surface area (Å²) >= 11 is 2.17. The molecule has 100 valence electrons. The number of amides is 2. The van der Waals surface area contributed by atoms with Crippen LogP contribution < -0.4 is 4.90 Å². The number of halogens is 1. The van der Waals surface area contributed by atoms with Crippen molar-refractivity contribution in [2.24, 2.45) is 0 Å². The Morgan fingerprint density at radius 1 is 0.900 bits per heavy atom. The molecule has 0 N–H and O–H groups in total. The van der Waals surface area contributed by atoms with Crippen LogP contribution in [-0.4, -0.2) is 11.8 Å². The van der Waals surface area contributed by atoms with Crippen molar-refractivity contribution in [3.63, 3.8) is 0 Å². The van der Waals surface area contributed by atoms with Crippen molar-refractivity contribution in [3.05, 3.63) is 62.2 Å². The van der Waals surface area contributed by atoms with Gasteiger partial charge in [-0.3, -0.25) is 9.59 Å². The molecule has 0 aromatic heterocycles. The molecule has 0 fully saturated rings. The Hall–Kier alpha value is -1.69. The number of fused-ring (bicyclic) bond motifs is 1. The van der Waals surface area contributed by atoms with Gasteiger partial charge in [0.2, 0.25) is 0 Å². The van der Waals surface area contributed by atoms with Crippen molar-refractivity contribution in [3.8, 4) is 0 Å². The number of carbonyl (C=O) groups excluding carboxylic acids is 2. The van der Waals surface area contributed by atoms with Crippen molar-refractivity contribution in [1.82, 2.24) is 0 Å². The molecule has 0 bridgehead atoms. The Morgan fingerprint density at radius 3 is 1.95 bits per heavy atom. The Morgan fingerprint density at radius 2 is 1.45 bits per heavy atom. The maximum Gasteiger partial charge on any atom is 0.266 e. The molecule has 20 heavy (non-hydrogen) atoms. The van der Waals surface area contributed by atoms with E-state index in [2.05, 4.69) is 22.6 Å². The molecule has 2 amide bonds. The molecule has 1 heterocycles. The minimum atomic E-state index is -0.229. The first kappa shape index (κ1) is 13.3. The highest BCUT2D eigenvalue weighted by atomic mass is 127. The first-order valence-electron chi connectivity index (χ1n) is 6.25. The van der Waals surface area contributed by atoms with Crippen molar-refractivity contribution >= 4 is 40.1 Å². The van der Waals surface area contributed by atoms with Crippen LogP contribution in [0.3, 0.4) is 0 Å². The van der Waals surface area contributed by atoms with E-state index in [1.165, 1.54) is 4.90 Å². The van der Waals surface area contributed by atoms with Crippen molar-refractivity contribution < 1.29 is 9.59 Å². The molecule has 0 unspecified atom stereocenters. The number of hydrogen-bond donors (Lipinski definition) is 0. The second-order valence-corrected chi connectivity index (χ2v) is 6.12. The summed E-state index contributed by atoms with van der Waals surface area (Å²) in [5, 5.41) is 0. The van der Waals surface area contributed by atoms with Crippen LogP contribution in [0.15, 0.2) is 36.4 Å². The molecule has 3 rings (SSSR count). The van der Waals surface area contributed by atoms with Gasteiger partial charge >= 0.3 is 0 Å². The monoisotopic (exact) mass is 377 g/mol. The van der Waals surface area contributed by atoms with Crippen molar-refractivity contribution in [1.29, 1.82) is 0 Å². The quantitative estimate of drug-likeness (QED) is 0.561. The summed E-state index contributed by atoms with van der Waals surface area (Å²) in [5.74, 6) is -0.457. The minimum absolute atomic E-state index is 0.229. The smallest absolute Gasteiger partial charge is 0.266 e. The molecule has 0 radical (unpaired) electrons. The lowest BCUT2D eigenvalue weighted by Crippen LogP contribution is -2.29. The molecule has 0 atom stereocenters. The molecule has 1 aliphatic heterocycles. The van der Waals surface area contributed by atoms with E-state index in [1.807, 2.05) is 44.2 Å². The van der Waals surface area contributed by atoms with Crippen LogP contribution in [0.4, 0.5) is 5.69 Å². The maximum absolute atomic E-state index is 12.6. The van der Waals surface area contributed by atoms with E-state index in [-0.39, 0.29) is 11.8 Å². The average molecular weight is 377 g/mol. The lowest BCUT2D eigenvalue weighted by Gasteiger charge is -2.14. The molecule has 3 nitrogen and oxygen atoms in total. The lowest BCUT2D eigenvalue weighted by atomic mass is 9.99. The van der Waals surface area contributed by atoms with Crippen LogP contribution in [0.5, 0.6) is 0 Å². The van der Waals surface area contributed by atoms with E-state index in [0.717, 1.165) is 14.7 Å². The van der Waals surface area contributed by atoms with E-state index in [1.54, 1.807) is 6.07 Å². The number of benzene rings is 2. The average Bonchev–Trinajstić information content (AvgIpc) is 2.67. The van der Waals surface area contributed by atoms with E-state index < -0.39 is 0 Å². The maximum atomic E-state index is 12.6. The fourth-order valence-corrected chi connectivity index (χ4v) is 3.05. The first-order valence-corrected chi connectivity index (χ1v) is 7.33. The minimum Gasteiger partial charge on any atom is -0.268 e. The SMILES string of the molecule is Cc1ccc(C)c2c1C(=O)N(c1cccc(I)c1)C2=O. The van der Waals surface area contributed by atoms with Crippen LogP contribution in [0.1, 0.15) is 31.8 Å². The molecule has 4 heteroatoms. The molecule has 0 aliphatic carbocycles. The van der Waals surface area contributed by atoms with Crippen LogP contribution in [-0.2, 0) is 0 Å². The summed E-state index contributed by atoms with van der Waals surface area (Å²) in [6.07, 6.45) is 0. The highest BCUT2D eigenvalue weighted by Crippen LogP contribution is 2.32. The predicted molar refractivity (Wildman–Crippen MR) is 86.2 cm³/mol. The Balaban J connectivity index is 2.20. The van der Waals surface area contributed by atoms with Gasteiger partial charge in [-0.05, 0) is 65.8 Å². The summed E-state index contributed by atoms with van der Waals surface area (Å²) in [6.45, 7) is 3.73. The molecule has 2 aromatic carbocycles. The van der Waals surface area contributed by atoms with Gasteiger partial charge in [0, 0.05) is 3.57 Å². The summed E-state index contributed by atoms with van der Waals surface area (Å²) in [7, 11) is 0. The standard InChI is InChI=1S/C16H12INO2/c1-9-6-7-10(2)14-13(9)15(19)18(16(14)20)12-5-3-4-11(17)8-12/h3-8H,1-2H3. The number of anilines is 1. The molecule has 0 saturated carbocycles. The van der Waals surface area contributed by atoms with Gasteiger partial charge < -0.3 is 0 Å². The van der Waals surface area contributed by atoms with Crippen LogP contribution >= 0.6 is 22.6 Å². The van der Waals surface area contributed by atoms with Gasteiger partial charge in [0.25, 0.3) is 11.8 Å². The highest BCUT2D eigenvalue weighted by Gasteiger charge is 2.38. The third-order valence-corrected chi connectivity index (χ3v) is 4.19. The lowest BCUT2D eigenvalue weighted by molar-refractivity contribution is 0.0926. The summed E-state index contributed by atoms with van der Waals surface area (Å²) < 4.78 is 0.991. The van der Waals surface area contributed by atoms with Crippen molar-refractivity contribution in [2.45, 2.75) is 13.8 Å². The number of aryl methyl sites for hydroxylation is 2. The molecule has 2 aromatic rings. The summed E-state index contributed by atoms with van der Waals surface area (Å²) in [4.78, 5) is 26.5. The zero-order valence-corrected chi connectivity index (χ0v) is 13.3. The fourth-order valence-electron chi connectivity index (χ4n) is 2.53.